The Morgan fingerprint density at radius 2 is 1.49 bits per heavy atom. The first-order chi connectivity index (χ1) is 19.9. The van der Waals surface area contributed by atoms with E-state index in [4.69, 9.17) is 4.74 Å². The predicted octanol–water partition coefficient (Wildman–Crippen LogP) is 4.67. The van der Waals surface area contributed by atoms with Crippen molar-refractivity contribution in [2.45, 2.75) is 19.1 Å². The van der Waals surface area contributed by atoms with Gasteiger partial charge in [0.05, 0.1) is 12.2 Å². The summed E-state index contributed by atoms with van der Waals surface area (Å²) in [4.78, 5) is 55.5. The Balaban J connectivity index is 1.38. The van der Waals surface area contributed by atoms with Crippen LogP contribution in [0.25, 0.3) is 0 Å². The number of ketones is 1. The van der Waals surface area contributed by atoms with Crippen LogP contribution >= 0.6 is 15.9 Å². The number of hydrogen-bond donors (Lipinski definition) is 3. The molecule has 9 nitrogen and oxygen atoms in total. The number of rotatable bonds is 11. The standard InChI is InChI=1S/C31H27BrN4O5/c32-23-15-16-33-26(18-23)29(38)24-13-7-8-14-25(24)35-28(37)19-34-30(39)27(17-21-9-3-1-4-10-21)36-31(40)41-20-22-11-5-2-6-12-22/h1-16,18,27H,17,19-20H2,(H,34,39)(H,35,37)(H,36,40)/t27-/m0/s1. The van der Waals surface area contributed by atoms with E-state index < -0.39 is 23.9 Å². The molecule has 10 heteroatoms. The summed E-state index contributed by atoms with van der Waals surface area (Å²) in [6.07, 6.45) is 0.930. The first kappa shape index (κ1) is 29.2. The van der Waals surface area contributed by atoms with Gasteiger partial charge in [-0.3, -0.25) is 19.4 Å². The Hall–Kier alpha value is -4.83. The van der Waals surface area contributed by atoms with Gasteiger partial charge in [-0.15, -0.1) is 0 Å². The van der Waals surface area contributed by atoms with E-state index in [1.807, 2.05) is 60.7 Å². The fraction of sp³-hybridized carbons (Fsp3) is 0.129. The summed E-state index contributed by atoms with van der Waals surface area (Å²) in [6.45, 7) is -0.342. The van der Waals surface area contributed by atoms with E-state index in [2.05, 4.69) is 36.9 Å². The fourth-order valence-corrected chi connectivity index (χ4v) is 4.24. The number of nitrogens with one attached hydrogen (secondary N) is 3. The van der Waals surface area contributed by atoms with Crippen LogP contribution in [0.3, 0.4) is 0 Å². The molecule has 0 bridgehead atoms. The Morgan fingerprint density at radius 3 is 2.20 bits per heavy atom. The van der Waals surface area contributed by atoms with Gasteiger partial charge in [0.2, 0.25) is 17.6 Å². The molecule has 4 rings (SSSR count). The third-order valence-corrected chi connectivity index (χ3v) is 6.42. The maximum Gasteiger partial charge on any atom is 0.408 e. The lowest BCUT2D eigenvalue weighted by atomic mass is 10.1. The molecule has 0 spiro atoms. The van der Waals surface area contributed by atoms with E-state index in [0.29, 0.717) is 4.47 Å². The van der Waals surface area contributed by atoms with E-state index >= 15 is 0 Å². The molecule has 0 aliphatic heterocycles. The van der Waals surface area contributed by atoms with Crippen LogP contribution in [0.2, 0.25) is 0 Å². The molecule has 0 saturated heterocycles. The number of carbonyl (C=O) groups excluding carboxylic acids is 4. The lowest BCUT2D eigenvalue weighted by molar-refractivity contribution is -0.125. The number of amides is 3. The van der Waals surface area contributed by atoms with Gasteiger partial charge in [-0.05, 0) is 35.4 Å². The van der Waals surface area contributed by atoms with Gasteiger partial charge in [0.25, 0.3) is 0 Å². The van der Waals surface area contributed by atoms with Gasteiger partial charge in [-0.2, -0.15) is 0 Å². The zero-order valence-corrected chi connectivity index (χ0v) is 23.5. The quantitative estimate of drug-likeness (QED) is 0.211. The van der Waals surface area contributed by atoms with Gasteiger partial charge < -0.3 is 20.7 Å². The average Bonchev–Trinajstić information content (AvgIpc) is 2.99. The number of anilines is 1. The molecule has 4 aromatic rings. The molecule has 0 radical (unpaired) electrons. The highest BCUT2D eigenvalue weighted by molar-refractivity contribution is 9.10. The van der Waals surface area contributed by atoms with Crippen LogP contribution in [0.4, 0.5) is 10.5 Å². The summed E-state index contributed by atoms with van der Waals surface area (Å²) in [5, 5.41) is 7.83. The number of hydrogen-bond acceptors (Lipinski definition) is 6. The number of alkyl carbamates (subject to hydrolysis) is 1. The molecular weight excluding hydrogens is 588 g/mol. The zero-order chi connectivity index (χ0) is 29.0. The van der Waals surface area contributed by atoms with Gasteiger partial charge in [0.15, 0.2) is 0 Å². The highest BCUT2D eigenvalue weighted by Crippen LogP contribution is 2.20. The summed E-state index contributed by atoms with van der Waals surface area (Å²) >= 11 is 3.33. The van der Waals surface area contributed by atoms with E-state index in [0.717, 1.165) is 11.1 Å². The van der Waals surface area contributed by atoms with Gasteiger partial charge in [0.1, 0.15) is 18.3 Å². The summed E-state index contributed by atoms with van der Waals surface area (Å²) < 4.78 is 5.98. The summed E-state index contributed by atoms with van der Waals surface area (Å²) in [7, 11) is 0. The monoisotopic (exact) mass is 614 g/mol. The number of benzene rings is 3. The molecular formula is C31H27BrN4O5. The van der Waals surface area contributed by atoms with Crippen molar-refractivity contribution in [2.24, 2.45) is 0 Å². The predicted molar refractivity (Wildman–Crippen MR) is 157 cm³/mol. The molecule has 41 heavy (non-hydrogen) atoms. The molecule has 0 saturated carbocycles. The number of ether oxygens (including phenoxy) is 1. The summed E-state index contributed by atoms with van der Waals surface area (Å²) in [6, 6.07) is 27.2. The zero-order valence-electron chi connectivity index (χ0n) is 21.9. The smallest absolute Gasteiger partial charge is 0.408 e. The SMILES string of the molecule is O=C(CNC(=O)[C@H](Cc1ccccc1)NC(=O)OCc1ccccc1)Nc1ccccc1C(=O)c1cc(Br)ccn1. The van der Waals surface area contributed by atoms with Crippen molar-refractivity contribution in [3.8, 4) is 0 Å². The number of para-hydroxylation sites is 1. The van der Waals surface area contributed by atoms with Crippen molar-refractivity contribution >= 4 is 45.3 Å². The lowest BCUT2D eigenvalue weighted by Gasteiger charge is -2.19. The molecule has 3 N–H and O–H groups in total. The number of aromatic nitrogens is 1. The van der Waals surface area contributed by atoms with Crippen LogP contribution in [0.1, 0.15) is 27.2 Å². The second-order valence-corrected chi connectivity index (χ2v) is 9.86. The third-order valence-electron chi connectivity index (χ3n) is 5.93. The maximum absolute atomic E-state index is 13.1. The number of carbonyl (C=O) groups is 4. The second-order valence-electron chi connectivity index (χ2n) is 8.95. The van der Waals surface area contributed by atoms with Crippen LogP contribution in [-0.2, 0) is 27.4 Å². The lowest BCUT2D eigenvalue weighted by Crippen LogP contribution is -2.49. The molecule has 0 aliphatic rings. The van der Waals surface area contributed by atoms with Crippen LogP contribution in [0.15, 0.2) is 108 Å². The topological polar surface area (TPSA) is 126 Å². The molecule has 3 aromatic carbocycles. The molecule has 1 aromatic heterocycles. The first-order valence-electron chi connectivity index (χ1n) is 12.7. The minimum absolute atomic E-state index is 0.0440. The van der Waals surface area contributed by atoms with Crippen molar-refractivity contribution in [2.75, 3.05) is 11.9 Å². The van der Waals surface area contributed by atoms with Gasteiger partial charge >= 0.3 is 6.09 Å². The Kier molecular flexibility index (Phi) is 10.3. The Bertz CT molecular complexity index is 1520. The van der Waals surface area contributed by atoms with E-state index in [1.165, 1.54) is 6.20 Å². The molecule has 208 valence electrons. The van der Waals surface area contributed by atoms with Crippen LogP contribution in [0, 0.1) is 0 Å². The minimum atomic E-state index is -0.995. The molecule has 0 unspecified atom stereocenters. The molecule has 0 fully saturated rings. The Morgan fingerprint density at radius 1 is 0.829 bits per heavy atom. The molecule has 1 heterocycles. The van der Waals surface area contributed by atoms with Gasteiger partial charge in [0, 0.05) is 22.7 Å². The van der Waals surface area contributed by atoms with E-state index in [9.17, 15) is 19.2 Å². The third kappa shape index (κ3) is 8.84. The highest BCUT2D eigenvalue weighted by atomic mass is 79.9. The van der Waals surface area contributed by atoms with E-state index in [1.54, 1.807) is 36.4 Å². The second kappa shape index (κ2) is 14.5. The van der Waals surface area contributed by atoms with Crippen molar-refractivity contribution in [3.05, 3.63) is 130 Å². The van der Waals surface area contributed by atoms with Crippen LogP contribution in [0.5, 0.6) is 0 Å². The van der Waals surface area contributed by atoms with Crippen molar-refractivity contribution in [1.29, 1.82) is 0 Å². The maximum atomic E-state index is 13.1. The molecule has 1 atom stereocenters. The first-order valence-corrected chi connectivity index (χ1v) is 13.5. The number of halogens is 1. The van der Waals surface area contributed by atoms with E-state index in [-0.39, 0.29) is 42.3 Å². The van der Waals surface area contributed by atoms with Crippen molar-refractivity contribution in [1.82, 2.24) is 15.6 Å². The highest BCUT2D eigenvalue weighted by Gasteiger charge is 2.23. The normalized spacial score (nSPS) is 11.1. The van der Waals surface area contributed by atoms with Crippen molar-refractivity contribution in [3.63, 3.8) is 0 Å². The summed E-state index contributed by atoms with van der Waals surface area (Å²) in [5.41, 5.74) is 2.36. The van der Waals surface area contributed by atoms with Crippen LogP contribution in [-0.4, -0.2) is 41.3 Å². The largest absolute Gasteiger partial charge is 0.445 e. The average molecular weight is 615 g/mol. The Labute approximate surface area is 245 Å². The number of pyridine rings is 1. The van der Waals surface area contributed by atoms with Crippen LogP contribution < -0.4 is 16.0 Å². The van der Waals surface area contributed by atoms with Gasteiger partial charge in [-0.1, -0.05) is 88.7 Å². The molecule has 0 aliphatic carbocycles. The molecule has 3 amide bonds. The van der Waals surface area contributed by atoms with Gasteiger partial charge in [-0.25, -0.2) is 4.79 Å². The van der Waals surface area contributed by atoms with Crippen molar-refractivity contribution < 1.29 is 23.9 Å². The fourth-order valence-electron chi connectivity index (χ4n) is 3.91. The number of nitrogens with zero attached hydrogens (tertiary/aromatic N) is 1. The summed E-state index contributed by atoms with van der Waals surface area (Å²) in [5.74, 6) is -1.48. The minimum Gasteiger partial charge on any atom is -0.445 e.